The van der Waals surface area contributed by atoms with Crippen molar-refractivity contribution in [3.8, 4) is 44.8 Å². The number of likely N-dealkylation sites (tertiary alicyclic amines) is 2. The zero-order chi connectivity index (χ0) is 43.9. The molecule has 2 aliphatic heterocycles. The third kappa shape index (κ3) is 9.73. The van der Waals surface area contributed by atoms with E-state index in [9.17, 15) is 9.59 Å². The summed E-state index contributed by atoms with van der Waals surface area (Å²) >= 11 is 0. The van der Waals surface area contributed by atoms with Crippen molar-refractivity contribution in [1.82, 2.24) is 39.5 Å². The largest absolute Gasteiger partial charge is 0.340 e. The second-order valence-corrected chi connectivity index (χ2v) is 17.1. The molecule has 63 heavy (non-hydrogen) atoms. The van der Waals surface area contributed by atoms with Gasteiger partial charge in [-0.1, -0.05) is 133 Å². The Bertz CT molecular complexity index is 2550. The molecule has 0 radical (unpaired) electrons. The Kier molecular flexibility index (Phi) is 13.4. The number of benzene rings is 5. The Balaban J connectivity index is 0.000000434. The van der Waals surface area contributed by atoms with Gasteiger partial charge >= 0.3 is 0 Å². The molecular formula is C53H58N8O2. The second kappa shape index (κ2) is 19.6. The Morgan fingerprint density at radius 1 is 0.587 bits per heavy atom. The fourth-order valence-corrected chi connectivity index (χ4v) is 8.85. The average Bonchev–Trinajstić information content (AvgIpc) is 4.17. The number of aromatic nitrogens is 4. The summed E-state index contributed by atoms with van der Waals surface area (Å²) in [6.45, 7) is 3.72. The van der Waals surface area contributed by atoms with Gasteiger partial charge in [0.25, 0.3) is 0 Å². The van der Waals surface area contributed by atoms with Crippen molar-refractivity contribution in [3.05, 3.63) is 169 Å². The normalized spacial score (nSPS) is 17.1. The number of amides is 2. The molecule has 9 rings (SSSR count). The van der Waals surface area contributed by atoms with Gasteiger partial charge in [-0.25, -0.2) is 9.97 Å². The average molecular weight is 839 g/mol. The van der Waals surface area contributed by atoms with E-state index in [1.165, 1.54) is 5.56 Å². The van der Waals surface area contributed by atoms with Gasteiger partial charge in [0, 0.05) is 19.1 Å². The fourth-order valence-electron chi connectivity index (χ4n) is 8.85. The first-order chi connectivity index (χ1) is 30.7. The van der Waals surface area contributed by atoms with E-state index in [4.69, 9.17) is 4.98 Å². The summed E-state index contributed by atoms with van der Waals surface area (Å²) in [5.41, 5.74) is 11.0. The monoisotopic (exact) mass is 838 g/mol. The molecule has 0 saturated carbocycles. The first-order valence-corrected chi connectivity index (χ1v) is 22.0. The zero-order valence-corrected chi connectivity index (χ0v) is 37.0. The number of aromatic amines is 2. The second-order valence-electron chi connectivity index (χ2n) is 17.1. The van der Waals surface area contributed by atoms with Gasteiger partial charge in [0.2, 0.25) is 12.3 Å². The lowest BCUT2D eigenvalue weighted by atomic mass is 9.98. The molecule has 2 aliphatic rings. The van der Waals surface area contributed by atoms with Crippen molar-refractivity contribution in [2.45, 2.75) is 56.8 Å². The molecule has 2 N–H and O–H groups in total. The summed E-state index contributed by atoms with van der Waals surface area (Å²) in [6, 6.07) is 46.3. The molecule has 2 amide bonds. The highest BCUT2D eigenvalue weighted by Gasteiger charge is 2.37. The summed E-state index contributed by atoms with van der Waals surface area (Å²) in [5, 5.41) is 0. The lowest BCUT2D eigenvalue weighted by Gasteiger charge is -2.31. The molecule has 2 fully saturated rings. The maximum absolute atomic E-state index is 13.9. The van der Waals surface area contributed by atoms with Crippen LogP contribution in [0.5, 0.6) is 0 Å². The Labute approximate surface area is 371 Å². The van der Waals surface area contributed by atoms with Crippen molar-refractivity contribution in [2.24, 2.45) is 0 Å². The number of H-pyrrole nitrogens is 2. The number of imidazole rings is 2. The Morgan fingerprint density at radius 3 is 1.48 bits per heavy atom. The smallest absolute Gasteiger partial charge is 0.245 e. The van der Waals surface area contributed by atoms with E-state index in [-0.39, 0.29) is 24.0 Å². The van der Waals surface area contributed by atoms with Crippen LogP contribution in [0.25, 0.3) is 44.8 Å². The van der Waals surface area contributed by atoms with Crippen LogP contribution in [0.3, 0.4) is 0 Å². The van der Waals surface area contributed by atoms with Crippen LogP contribution in [-0.4, -0.2) is 93.1 Å². The first-order valence-electron chi connectivity index (χ1n) is 22.0. The lowest BCUT2D eigenvalue weighted by molar-refractivity contribution is -0.137. The summed E-state index contributed by atoms with van der Waals surface area (Å²) < 4.78 is 0. The number of hydrogen-bond acceptors (Lipinski definition) is 6. The minimum atomic E-state index is -0.334. The molecule has 322 valence electrons. The molecule has 0 spiro atoms. The number of carbonyl (C=O) groups is 2. The SMILES string of the molecule is CN(C)[C@@H](C(=O)N1CCC[C@H]1c1ncc(-c2ccc(-c3ccc(-c4ccc(-c5cnc([C@@H]6CCCN6C=O)[nH]5)cc4)cc3)cc2)[nH]1)c1ccccc1.C[C@@H](c1ccccc1)N(C)C. The highest BCUT2D eigenvalue weighted by atomic mass is 16.2. The van der Waals surface area contributed by atoms with Crippen LogP contribution < -0.4 is 0 Å². The van der Waals surface area contributed by atoms with Crippen LogP contribution in [-0.2, 0) is 9.59 Å². The van der Waals surface area contributed by atoms with Crippen LogP contribution >= 0.6 is 0 Å². The molecule has 7 aromatic rings. The van der Waals surface area contributed by atoms with Crippen molar-refractivity contribution < 1.29 is 9.59 Å². The number of hydrogen-bond donors (Lipinski definition) is 2. The van der Waals surface area contributed by atoms with Gasteiger partial charge in [0.15, 0.2) is 0 Å². The summed E-state index contributed by atoms with van der Waals surface area (Å²) in [5.74, 6) is 1.80. The van der Waals surface area contributed by atoms with E-state index in [2.05, 4.69) is 138 Å². The predicted molar refractivity (Wildman–Crippen MR) is 252 cm³/mol. The van der Waals surface area contributed by atoms with Gasteiger partial charge in [0.1, 0.15) is 17.7 Å². The molecule has 5 aromatic carbocycles. The van der Waals surface area contributed by atoms with E-state index >= 15 is 0 Å². The van der Waals surface area contributed by atoms with Gasteiger partial charge in [-0.05, 0) is 105 Å². The van der Waals surface area contributed by atoms with Crippen molar-refractivity contribution in [2.75, 3.05) is 41.3 Å². The van der Waals surface area contributed by atoms with Crippen LogP contribution in [0.4, 0.5) is 0 Å². The minimum absolute atomic E-state index is 0.0343. The number of nitrogens with zero attached hydrogens (tertiary/aromatic N) is 6. The highest BCUT2D eigenvalue weighted by molar-refractivity contribution is 5.84. The number of carbonyl (C=O) groups excluding carboxylic acids is 2. The third-order valence-electron chi connectivity index (χ3n) is 12.7. The molecule has 10 heteroatoms. The van der Waals surface area contributed by atoms with Gasteiger partial charge in [-0.2, -0.15) is 0 Å². The molecule has 2 aromatic heterocycles. The molecule has 2 saturated heterocycles. The fraction of sp³-hybridized carbons (Fsp3) is 0.283. The van der Waals surface area contributed by atoms with E-state index in [0.29, 0.717) is 6.04 Å². The van der Waals surface area contributed by atoms with Crippen molar-refractivity contribution in [3.63, 3.8) is 0 Å². The third-order valence-corrected chi connectivity index (χ3v) is 12.7. The van der Waals surface area contributed by atoms with Crippen molar-refractivity contribution in [1.29, 1.82) is 0 Å². The molecular weight excluding hydrogens is 781 g/mol. The van der Waals surface area contributed by atoms with Crippen LogP contribution in [0.2, 0.25) is 0 Å². The van der Waals surface area contributed by atoms with Gasteiger partial charge < -0.3 is 24.7 Å². The van der Waals surface area contributed by atoms with E-state index in [1.54, 1.807) is 0 Å². The molecule has 0 unspecified atom stereocenters. The van der Waals surface area contributed by atoms with Crippen LogP contribution in [0.1, 0.15) is 79.6 Å². The van der Waals surface area contributed by atoms with Crippen LogP contribution in [0, 0.1) is 0 Å². The maximum Gasteiger partial charge on any atom is 0.245 e. The van der Waals surface area contributed by atoms with Crippen molar-refractivity contribution >= 4 is 12.3 Å². The Morgan fingerprint density at radius 2 is 1.02 bits per heavy atom. The summed E-state index contributed by atoms with van der Waals surface area (Å²) in [6.07, 6.45) is 8.45. The summed E-state index contributed by atoms with van der Waals surface area (Å²) in [7, 11) is 8.11. The molecule has 0 bridgehead atoms. The molecule has 4 atom stereocenters. The summed E-state index contributed by atoms with van der Waals surface area (Å²) in [4.78, 5) is 49.6. The first kappa shape index (κ1) is 43.0. The molecule has 10 nitrogen and oxygen atoms in total. The lowest BCUT2D eigenvalue weighted by Crippen LogP contribution is -2.40. The number of rotatable bonds is 12. The van der Waals surface area contributed by atoms with E-state index < -0.39 is 0 Å². The highest BCUT2D eigenvalue weighted by Crippen LogP contribution is 2.36. The van der Waals surface area contributed by atoms with Crippen LogP contribution in [0.15, 0.2) is 146 Å². The maximum atomic E-state index is 13.9. The zero-order valence-electron chi connectivity index (χ0n) is 37.0. The van der Waals surface area contributed by atoms with Gasteiger partial charge in [-0.15, -0.1) is 0 Å². The minimum Gasteiger partial charge on any atom is -0.340 e. The predicted octanol–water partition coefficient (Wildman–Crippen LogP) is 10.4. The standard InChI is InChI=1S/C43H43N7O2.C10H15N/c1-48(2)40(35-8-4-3-5-9-35)43(52)50-25-7-11-39(50)42-45-27-37(47-42)34-22-18-32(19-23-34)30-14-12-29(13-15-30)31-16-20-33(21-17-31)36-26-44-41(46-36)38-10-6-24-49(38)28-51;1-9(11(2)3)10-7-5-4-6-8-10/h3-5,8-9,12-23,26-28,38-40H,6-7,10-11,24-25H2,1-2H3,(H,44,46)(H,45,47);4-9H,1-3H3/t38-,39-,40+;9-/m00/s1. The van der Waals surface area contributed by atoms with E-state index in [1.807, 2.05) is 77.6 Å². The van der Waals surface area contributed by atoms with E-state index in [0.717, 1.165) is 107 Å². The number of likely N-dealkylation sites (N-methyl/N-ethyl adjacent to an activating group) is 1. The molecule has 4 heterocycles. The topological polar surface area (TPSA) is 104 Å². The van der Waals surface area contributed by atoms with Gasteiger partial charge in [0.05, 0.1) is 35.9 Å². The van der Waals surface area contributed by atoms with Gasteiger partial charge in [-0.3, -0.25) is 14.5 Å². The Hall–Kier alpha value is -6.62. The number of nitrogens with one attached hydrogen (secondary N) is 2. The molecule has 0 aliphatic carbocycles. The quantitative estimate of drug-likeness (QED) is 0.119.